The van der Waals surface area contributed by atoms with E-state index in [1.165, 1.54) is 0 Å². The van der Waals surface area contributed by atoms with Crippen molar-refractivity contribution in [3.05, 3.63) is 87.5 Å². The van der Waals surface area contributed by atoms with Gasteiger partial charge >= 0.3 is 5.69 Å². The molecule has 0 amide bonds. The number of fused-ring (bicyclic) bond motifs is 1. The second-order valence-electron chi connectivity index (χ2n) is 9.84. The highest BCUT2D eigenvalue weighted by molar-refractivity contribution is 7.70. The van der Waals surface area contributed by atoms with Gasteiger partial charge in [0, 0.05) is 42.3 Å². The second-order valence-corrected chi connectivity index (χ2v) is 13.7. The third-order valence-corrected chi connectivity index (χ3v) is 9.16. The SMILES string of the molecule is Cc1cc(-n2nc3c(c2-n2ccn(-c4ccc(P(C)(C)=O)cc4)c2=O)[C@H](C)N(P)CC3)cc(C)c1F. The Kier molecular flexibility index (Phi) is 6.19. The molecule has 1 aliphatic heterocycles. The summed E-state index contributed by atoms with van der Waals surface area (Å²) in [5, 5.41) is 5.68. The average molecular weight is 526 g/mol. The van der Waals surface area contributed by atoms with Crippen molar-refractivity contribution < 1.29 is 8.96 Å². The molecule has 0 saturated carbocycles. The first-order valence-electron chi connectivity index (χ1n) is 11.8. The molecule has 0 N–H and O–H groups in total. The molecular weight excluding hydrogens is 495 g/mol. The Morgan fingerprint density at radius 3 is 2.25 bits per heavy atom. The summed E-state index contributed by atoms with van der Waals surface area (Å²) in [6.07, 6.45) is 4.21. The van der Waals surface area contributed by atoms with Gasteiger partial charge in [0.15, 0.2) is 0 Å². The Hall–Kier alpha value is -2.79. The van der Waals surface area contributed by atoms with Gasteiger partial charge in [-0.25, -0.2) is 13.9 Å². The molecule has 1 unspecified atom stereocenters. The zero-order chi connectivity index (χ0) is 25.9. The van der Waals surface area contributed by atoms with Crippen molar-refractivity contribution in [1.82, 2.24) is 23.6 Å². The van der Waals surface area contributed by atoms with E-state index in [2.05, 4.69) is 21.0 Å². The minimum Gasteiger partial charge on any atom is -0.319 e. The number of nitrogens with zero attached hydrogens (tertiary/aromatic N) is 5. The van der Waals surface area contributed by atoms with E-state index in [0.717, 1.165) is 29.5 Å². The first kappa shape index (κ1) is 24.9. The standard InChI is InChI=1S/C26H30FN5O2P2/c1-16-14-20(15-17(2)24(16)27)32-25(23-18(3)31(35)11-10-22(23)28-32)30-13-12-29(26(30)33)19-6-8-21(9-7-19)36(4,5)34/h6-9,12-15,18H,10-11,35H2,1-5H3/t18-/m0/s1. The van der Waals surface area contributed by atoms with Gasteiger partial charge in [0.05, 0.1) is 17.1 Å². The minimum absolute atomic E-state index is 0.0166. The number of hydrogen-bond acceptors (Lipinski definition) is 4. The minimum atomic E-state index is -2.39. The van der Waals surface area contributed by atoms with E-state index in [1.54, 1.807) is 65.5 Å². The maximum Gasteiger partial charge on any atom is 0.338 e. The van der Waals surface area contributed by atoms with E-state index < -0.39 is 7.14 Å². The van der Waals surface area contributed by atoms with Gasteiger partial charge in [-0.15, -0.1) is 0 Å². The summed E-state index contributed by atoms with van der Waals surface area (Å²) in [7, 11) is 0.375. The third kappa shape index (κ3) is 4.11. The molecule has 0 bridgehead atoms. The van der Waals surface area contributed by atoms with Crippen LogP contribution in [-0.2, 0) is 11.0 Å². The molecule has 0 fully saturated rings. The molecule has 4 aromatic rings. The van der Waals surface area contributed by atoms with E-state index in [1.807, 2.05) is 24.3 Å². The Balaban J connectivity index is 1.71. The Morgan fingerprint density at radius 1 is 1.03 bits per heavy atom. The number of imidazole rings is 1. The zero-order valence-corrected chi connectivity index (χ0v) is 23.1. The summed E-state index contributed by atoms with van der Waals surface area (Å²) in [6.45, 7) is 9.85. The molecule has 0 saturated heterocycles. The molecular formula is C26H30FN5O2P2. The van der Waals surface area contributed by atoms with Crippen molar-refractivity contribution in [2.75, 3.05) is 19.9 Å². The van der Waals surface area contributed by atoms with Crippen molar-refractivity contribution in [2.45, 2.75) is 33.2 Å². The van der Waals surface area contributed by atoms with Crippen LogP contribution in [0.2, 0.25) is 0 Å². The Labute approximate surface area is 212 Å². The van der Waals surface area contributed by atoms with Crippen LogP contribution < -0.4 is 11.0 Å². The lowest BCUT2D eigenvalue weighted by atomic mass is 10.0. The monoisotopic (exact) mass is 525 g/mol. The van der Waals surface area contributed by atoms with Gasteiger partial charge in [-0.05, 0) is 81.6 Å². The van der Waals surface area contributed by atoms with E-state index in [4.69, 9.17) is 5.10 Å². The molecule has 3 heterocycles. The molecule has 7 nitrogen and oxygen atoms in total. The molecule has 2 atom stereocenters. The molecule has 5 rings (SSSR count). The van der Waals surface area contributed by atoms with Crippen LogP contribution in [0.25, 0.3) is 17.2 Å². The first-order valence-corrected chi connectivity index (χ1v) is 15.0. The molecule has 36 heavy (non-hydrogen) atoms. The van der Waals surface area contributed by atoms with Crippen LogP contribution in [0.3, 0.4) is 0 Å². The third-order valence-electron chi connectivity index (χ3n) is 6.92. The van der Waals surface area contributed by atoms with Gasteiger partial charge in [-0.1, -0.05) is 9.39 Å². The zero-order valence-electron chi connectivity index (χ0n) is 21.1. The number of rotatable bonds is 4. The van der Waals surface area contributed by atoms with Crippen LogP contribution >= 0.6 is 16.5 Å². The maximum atomic E-state index is 14.4. The number of halogens is 1. The number of aryl methyl sites for hydroxylation is 2. The van der Waals surface area contributed by atoms with Crippen LogP contribution in [0.1, 0.15) is 35.3 Å². The maximum absolute atomic E-state index is 14.4. The predicted molar refractivity (Wildman–Crippen MR) is 146 cm³/mol. The summed E-state index contributed by atoms with van der Waals surface area (Å²) >= 11 is 0. The molecule has 0 aliphatic carbocycles. The molecule has 0 radical (unpaired) electrons. The Morgan fingerprint density at radius 2 is 1.64 bits per heavy atom. The van der Waals surface area contributed by atoms with Gasteiger partial charge in [-0.2, -0.15) is 5.10 Å². The quantitative estimate of drug-likeness (QED) is 0.368. The summed E-state index contributed by atoms with van der Waals surface area (Å²) in [4.78, 5) is 13.7. The highest BCUT2D eigenvalue weighted by atomic mass is 31.2. The van der Waals surface area contributed by atoms with Crippen LogP contribution in [0.4, 0.5) is 4.39 Å². The topological polar surface area (TPSA) is 65.1 Å². The van der Waals surface area contributed by atoms with Gasteiger partial charge in [0.25, 0.3) is 0 Å². The van der Waals surface area contributed by atoms with Crippen molar-refractivity contribution in [1.29, 1.82) is 0 Å². The van der Waals surface area contributed by atoms with Gasteiger partial charge < -0.3 is 4.57 Å². The first-order chi connectivity index (χ1) is 17.0. The molecule has 0 spiro atoms. The van der Waals surface area contributed by atoms with E-state index >= 15 is 0 Å². The fraction of sp³-hybridized carbons (Fsp3) is 0.308. The fourth-order valence-electron chi connectivity index (χ4n) is 4.84. The van der Waals surface area contributed by atoms with E-state index in [-0.39, 0.29) is 17.5 Å². The van der Waals surface area contributed by atoms with E-state index in [0.29, 0.717) is 28.3 Å². The number of benzene rings is 2. The summed E-state index contributed by atoms with van der Waals surface area (Å²) in [5.41, 5.74) is 4.12. The molecule has 1 aliphatic rings. The average Bonchev–Trinajstić information content (AvgIpc) is 3.39. The van der Waals surface area contributed by atoms with Crippen molar-refractivity contribution in [3.63, 3.8) is 0 Å². The number of aromatic nitrogens is 4. The predicted octanol–water partition coefficient (Wildman–Crippen LogP) is 4.53. The summed E-state index contributed by atoms with van der Waals surface area (Å²) in [6, 6.07) is 10.8. The van der Waals surface area contributed by atoms with Crippen molar-refractivity contribution >= 4 is 21.8 Å². The smallest absolute Gasteiger partial charge is 0.319 e. The van der Waals surface area contributed by atoms with Gasteiger partial charge in [0.2, 0.25) is 0 Å². The van der Waals surface area contributed by atoms with Crippen LogP contribution in [0.15, 0.2) is 53.6 Å². The molecule has 188 valence electrons. The lowest BCUT2D eigenvalue weighted by Crippen LogP contribution is -2.28. The lowest BCUT2D eigenvalue weighted by molar-refractivity contribution is 0.359. The van der Waals surface area contributed by atoms with Gasteiger partial charge in [-0.3, -0.25) is 13.8 Å². The fourth-order valence-corrected chi connectivity index (χ4v) is 5.98. The highest BCUT2D eigenvalue weighted by Gasteiger charge is 2.31. The number of hydrogen-bond donors (Lipinski definition) is 0. The van der Waals surface area contributed by atoms with Crippen molar-refractivity contribution in [3.8, 4) is 17.2 Å². The van der Waals surface area contributed by atoms with Crippen molar-refractivity contribution in [2.24, 2.45) is 0 Å². The van der Waals surface area contributed by atoms with Crippen LogP contribution in [0, 0.1) is 19.7 Å². The summed E-state index contributed by atoms with van der Waals surface area (Å²) in [5.74, 6) is 0.416. The van der Waals surface area contributed by atoms with Crippen LogP contribution in [-0.4, -0.2) is 43.5 Å². The second kappa shape index (κ2) is 8.95. The summed E-state index contributed by atoms with van der Waals surface area (Å²) < 4.78 is 33.9. The normalized spacial score (nSPS) is 16.4. The highest BCUT2D eigenvalue weighted by Crippen LogP contribution is 2.37. The lowest BCUT2D eigenvalue weighted by Gasteiger charge is -2.29. The van der Waals surface area contributed by atoms with Crippen LogP contribution in [0.5, 0.6) is 0 Å². The van der Waals surface area contributed by atoms with Gasteiger partial charge in [0.1, 0.15) is 18.8 Å². The molecule has 2 aromatic carbocycles. The Bertz CT molecular complexity index is 1560. The largest absolute Gasteiger partial charge is 0.338 e. The molecule has 10 heteroatoms. The van der Waals surface area contributed by atoms with E-state index in [9.17, 15) is 13.8 Å². The molecule has 2 aromatic heterocycles.